The lowest BCUT2D eigenvalue weighted by Crippen LogP contribution is -2.24. The van der Waals surface area contributed by atoms with Crippen LogP contribution in [0.2, 0.25) is 0 Å². The summed E-state index contributed by atoms with van der Waals surface area (Å²) in [4.78, 5) is 12.7. The van der Waals surface area contributed by atoms with Crippen LogP contribution in [0, 0.1) is 0 Å². The van der Waals surface area contributed by atoms with Crippen molar-refractivity contribution in [2.45, 2.75) is 25.4 Å². The molecule has 5 rings (SSSR count). The molecule has 1 aromatic carbocycles. The van der Waals surface area contributed by atoms with Crippen molar-refractivity contribution < 1.29 is 13.9 Å². The molecule has 1 atom stereocenters. The number of hydrogen-bond acceptors (Lipinski definition) is 6. The average Bonchev–Trinajstić information content (AvgIpc) is 3.37. The zero-order valence-electron chi connectivity index (χ0n) is 15.6. The Morgan fingerprint density at radius 1 is 1.21 bits per heavy atom. The van der Waals surface area contributed by atoms with Crippen molar-refractivity contribution in [1.29, 1.82) is 0 Å². The summed E-state index contributed by atoms with van der Waals surface area (Å²) in [5.74, 6) is 0.714. The van der Waals surface area contributed by atoms with Crippen molar-refractivity contribution >= 4 is 27.4 Å². The van der Waals surface area contributed by atoms with Crippen LogP contribution in [0.15, 0.2) is 51.6 Å². The maximum Gasteiger partial charge on any atom is 0.185 e. The van der Waals surface area contributed by atoms with Gasteiger partial charge in [-0.15, -0.1) is 10.2 Å². The van der Waals surface area contributed by atoms with Gasteiger partial charge in [0.1, 0.15) is 5.76 Å². The maximum atomic E-state index is 12.7. The van der Waals surface area contributed by atoms with Crippen molar-refractivity contribution in [2.24, 2.45) is 0 Å². The Labute approximate surface area is 174 Å². The molecular weight excluding hydrogens is 436 g/mol. The quantitative estimate of drug-likeness (QED) is 0.461. The maximum absolute atomic E-state index is 12.7. The molecule has 0 bridgehead atoms. The fourth-order valence-corrected chi connectivity index (χ4v) is 4.15. The first-order valence-electron chi connectivity index (χ1n) is 9.24. The predicted octanol–water partition coefficient (Wildman–Crippen LogP) is 4.21. The van der Waals surface area contributed by atoms with Crippen LogP contribution in [-0.4, -0.2) is 32.7 Å². The molecule has 7 nitrogen and oxygen atoms in total. The number of ether oxygens (including phenoxy) is 1. The van der Waals surface area contributed by atoms with Crippen LogP contribution in [0.3, 0.4) is 0 Å². The van der Waals surface area contributed by atoms with Gasteiger partial charge >= 0.3 is 0 Å². The van der Waals surface area contributed by atoms with Crippen LogP contribution in [0.25, 0.3) is 16.8 Å². The number of benzene rings is 1. The van der Waals surface area contributed by atoms with Gasteiger partial charge in [0.05, 0.1) is 29.8 Å². The van der Waals surface area contributed by atoms with Gasteiger partial charge in [-0.2, -0.15) is 5.10 Å². The number of Topliss-reactive ketones (excluding diaryl/α,β-unsaturated/α-hetero) is 1. The standard InChI is InChI=1S/C21H17BrN4O3/c1-28-11-15-19(12-4-6-14(22)7-5-12)21-24-23-20-16(26(21)25-15)9-13(10-17(20)27)18-3-2-8-29-18/h2-8,13H,9-11H2,1H3/t13-/m0/s1. The first kappa shape index (κ1) is 18.2. The van der Waals surface area contributed by atoms with E-state index in [-0.39, 0.29) is 11.7 Å². The number of nitrogens with zero attached hydrogens (tertiary/aromatic N) is 4. The molecule has 0 amide bonds. The number of halogens is 1. The van der Waals surface area contributed by atoms with Crippen LogP contribution >= 0.6 is 15.9 Å². The third-order valence-electron chi connectivity index (χ3n) is 5.20. The number of fused-ring (bicyclic) bond motifs is 3. The molecular formula is C21H17BrN4O3. The highest BCUT2D eigenvalue weighted by Crippen LogP contribution is 2.35. The Kier molecular flexibility index (Phi) is 4.52. The fraction of sp³-hybridized carbons (Fsp3) is 0.238. The van der Waals surface area contributed by atoms with Crippen LogP contribution < -0.4 is 0 Å². The van der Waals surface area contributed by atoms with E-state index in [1.807, 2.05) is 36.4 Å². The van der Waals surface area contributed by atoms with E-state index in [0.717, 1.165) is 32.7 Å². The molecule has 146 valence electrons. The number of carbonyl (C=O) groups excluding carboxylic acids is 1. The van der Waals surface area contributed by atoms with Gasteiger partial charge in [0.25, 0.3) is 0 Å². The number of furan rings is 1. The smallest absolute Gasteiger partial charge is 0.185 e. The highest BCUT2D eigenvalue weighted by molar-refractivity contribution is 9.10. The second kappa shape index (κ2) is 7.20. The minimum Gasteiger partial charge on any atom is -0.469 e. The second-order valence-electron chi connectivity index (χ2n) is 7.04. The number of hydrogen-bond donors (Lipinski definition) is 0. The van der Waals surface area contributed by atoms with Crippen LogP contribution in [0.4, 0.5) is 0 Å². The van der Waals surface area contributed by atoms with Gasteiger partial charge in [-0.05, 0) is 29.8 Å². The molecule has 0 radical (unpaired) electrons. The molecule has 4 aromatic rings. The van der Waals surface area contributed by atoms with E-state index in [9.17, 15) is 4.79 Å². The molecule has 3 aromatic heterocycles. The Morgan fingerprint density at radius 2 is 2.03 bits per heavy atom. The molecule has 0 fully saturated rings. The van der Waals surface area contributed by atoms with E-state index in [1.165, 1.54) is 0 Å². The van der Waals surface area contributed by atoms with Crippen molar-refractivity contribution in [3.05, 3.63) is 70.0 Å². The van der Waals surface area contributed by atoms with E-state index in [4.69, 9.17) is 14.3 Å². The van der Waals surface area contributed by atoms with Crippen LogP contribution in [-0.2, 0) is 17.8 Å². The third-order valence-corrected chi connectivity index (χ3v) is 5.73. The van der Waals surface area contributed by atoms with Crippen LogP contribution in [0.1, 0.15) is 40.0 Å². The Hall–Kier alpha value is -2.84. The number of ketones is 1. The Bertz CT molecular complexity index is 1200. The molecule has 29 heavy (non-hydrogen) atoms. The van der Waals surface area contributed by atoms with Crippen molar-refractivity contribution in [2.75, 3.05) is 7.11 Å². The Balaban J connectivity index is 1.70. The monoisotopic (exact) mass is 452 g/mol. The minimum atomic E-state index is -0.0453. The molecule has 0 N–H and O–H groups in total. The lowest BCUT2D eigenvalue weighted by atomic mass is 9.87. The summed E-state index contributed by atoms with van der Waals surface area (Å²) in [6, 6.07) is 11.7. The topological polar surface area (TPSA) is 82.5 Å². The molecule has 0 unspecified atom stereocenters. The van der Waals surface area contributed by atoms with Crippen LogP contribution in [0.5, 0.6) is 0 Å². The summed E-state index contributed by atoms with van der Waals surface area (Å²) < 4.78 is 13.7. The molecule has 0 spiro atoms. The summed E-state index contributed by atoms with van der Waals surface area (Å²) in [6.45, 7) is 0.332. The van der Waals surface area contributed by atoms with E-state index >= 15 is 0 Å². The fourth-order valence-electron chi connectivity index (χ4n) is 3.89. The van der Waals surface area contributed by atoms with Gasteiger partial charge in [0.2, 0.25) is 0 Å². The first-order valence-corrected chi connectivity index (χ1v) is 10.0. The molecule has 1 aliphatic rings. The molecule has 0 saturated carbocycles. The van der Waals surface area contributed by atoms with E-state index in [1.54, 1.807) is 17.9 Å². The summed E-state index contributed by atoms with van der Waals surface area (Å²) in [5, 5.41) is 13.4. The number of methoxy groups -OCH3 is 1. The highest BCUT2D eigenvalue weighted by atomic mass is 79.9. The van der Waals surface area contributed by atoms with Crippen molar-refractivity contribution in [3.63, 3.8) is 0 Å². The van der Waals surface area contributed by atoms with Gasteiger partial charge in [0, 0.05) is 30.3 Å². The number of aromatic nitrogens is 4. The summed E-state index contributed by atoms with van der Waals surface area (Å²) in [7, 11) is 1.63. The van der Waals surface area contributed by atoms with E-state index in [2.05, 4.69) is 26.1 Å². The molecule has 0 saturated heterocycles. The first-order chi connectivity index (χ1) is 14.2. The minimum absolute atomic E-state index is 0.0383. The molecule has 0 aliphatic heterocycles. The van der Waals surface area contributed by atoms with E-state index < -0.39 is 0 Å². The average molecular weight is 453 g/mol. The molecule has 3 heterocycles. The molecule has 1 aliphatic carbocycles. The largest absolute Gasteiger partial charge is 0.469 e. The SMILES string of the molecule is COCc1nn2c3c(nnc2c1-c1ccc(Br)cc1)C(=O)C[C@@H](c1ccco1)C3. The van der Waals surface area contributed by atoms with Gasteiger partial charge in [-0.3, -0.25) is 4.79 Å². The lowest BCUT2D eigenvalue weighted by Gasteiger charge is -2.21. The Morgan fingerprint density at radius 3 is 2.76 bits per heavy atom. The van der Waals surface area contributed by atoms with Crippen molar-refractivity contribution in [3.8, 4) is 11.1 Å². The molecule has 8 heteroatoms. The van der Waals surface area contributed by atoms with Gasteiger partial charge in [-0.1, -0.05) is 28.1 Å². The zero-order valence-corrected chi connectivity index (χ0v) is 17.2. The van der Waals surface area contributed by atoms with Gasteiger partial charge in [0.15, 0.2) is 17.1 Å². The third kappa shape index (κ3) is 3.08. The van der Waals surface area contributed by atoms with Gasteiger partial charge in [-0.25, -0.2) is 4.52 Å². The number of rotatable bonds is 4. The van der Waals surface area contributed by atoms with Crippen molar-refractivity contribution in [1.82, 2.24) is 19.8 Å². The van der Waals surface area contributed by atoms with Gasteiger partial charge < -0.3 is 9.15 Å². The van der Waals surface area contributed by atoms with E-state index in [0.29, 0.717) is 30.8 Å². The normalized spacial score (nSPS) is 16.3. The summed E-state index contributed by atoms with van der Waals surface area (Å²) >= 11 is 3.47. The zero-order chi connectivity index (χ0) is 20.0. The number of carbonyl (C=O) groups is 1. The highest BCUT2D eigenvalue weighted by Gasteiger charge is 2.33. The predicted molar refractivity (Wildman–Crippen MR) is 109 cm³/mol. The second-order valence-corrected chi connectivity index (χ2v) is 7.95. The summed E-state index contributed by atoms with van der Waals surface area (Å²) in [5.41, 5.74) is 4.34. The lowest BCUT2D eigenvalue weighted by molar-refractivity contribution is 0.0951. The summed E-state index contributed by atoms with van der Waals surface area (Å²) in [6.07, 6.45) is 2.59.